The molecule has 0 unspecified atom stereocenters. The number of thioether (sulfide) groups is 1. The average Bonchev–Trinajstić information content (AvgIpc) is 2.85. The van der Waals surface area contributed by atoms with E-state index in [0.29, 0.717) is 16.6 Å². The van der Waals surface area contributed by atoms with Crippen LogP contribution in [0.4, 0.5) is 11.4 Å². The van der Waals surface area contributed by atoms with Gasteiger partial charge in [0.05, 0.1) is 22.3 Å². The first-order valence-electron chi connectivity index (χ1n) is 8.07. The number of aryl methyl sites for hydroxylation is 2. The largest absolute Gasteiger partial charge is 0.437 e. The van der Waals surface area contributed by atoms with E-state index in [-0.39, 0.29) is 11.8 Å². The highest BCUT2D eigenvalue weighted by Crippen LogP contribution is 2.38. The molecule has 1 aliphatic heterocycles. The van der Waals surface area contributed by atoms with Crippen LogP contribution in [0.3, 0.4) is 0 Å². The molecule has 2 aromatic rings. The minimum absolute atomic E-state index is 0.161. The third-order valence-corrected chi connectivity index (χ3v) is 5.29. The summed E-state index contributed by atoms with van der Waals surface area (Å²) >= 11 is 1.26. The van der Waals surface area contributed by atoms with Crippen LogP contribution in [0, 0.1) is 13.8 Å². The van der Waals surface area contributed by atoms with Crippen molar-refractivity contribution in [2.75, 3.05) is 10.2 Å². The zero-order valence-corrected chi connectivity index (χ0v) is 15.7. The van der Waals surface area contributed by atoms with E-state index in [9.17, 15) is 9.59 Å². The van der Waals surface area contributed by atoms with Crippen LogP contribution in [0.5, 0.6) is 0 Å². The molecule has 0 bridgehead atoms. The Morgan fingerprint density at radius 3 is 2.64 bits per heavy atom. The monoisotopic (exact) mass is 359 g/mol. The first-order valence-corrected chi connectivity index (χ1v) is 8.95. The normalized spacial score (nSPS) is 17.0. The van der Waals surface area contributed by atoms with Gasteiger partial charge in [-0.15, -0.1) is 0 Å². The Morgan fingerprint density at radius 1 is 1.32 bits per heavy atom. The lowest BCUT2D eigenvalue weighted by atomic mass is 9.96. The van der Waals surface area contributed by atoms with Gasteiger partial charge in [0, 0.05) is 0 Å². The first-order chi connectivity index (χ1) is 11.7. The summed E-state index contributed by atoms with van der Waals surface area (Å²) in [6.07, 6.45) is 0. The highest BCUT2D eigenvalue weighted by atomic mass is 32.2. The number of fused-ring (bicyclic) bond motifs is 1. The number of carbonyl (C=O) groups is 2. The number of nitrogens with zero attached hydrogens (tertiary/aromatic N) is 2. The van der Waals surface area contributed by atoms with Gasteiger partial charge < -0.3 is 9.73 Å². The van der Waals surface area contributed by atoms with E-state index >= 15 is 0 Å². The van der Waals surface area contributed by atoms with Crippen LogP contribution >= 0.6 is 11.8 Å². The predicted molar refractivity (Wildman–Crippen MR) is 97.9 cm³/mol. The van der Waals surface area contributed by atoms with Crippen molar-refractivity contribution in [2.24, 2.45) is 0 Å². The Kier molecular flexibility index (Phi) is 4.36. The van der Waals surface area contributed by atoms with E-state index in [1.54, 1.807) is 31.7 Å². The molecule has 6 nitrogen and oxygen atoms in total. The van der Waals surface area contributed by atoms with Crippen LogP contribution in [0.15, 0.2) is 33.9 Å². The molecular formula is C18H21N3O3S. The summed E-state index contributed by atoms with van der Waals surface area (Å²) in [5, 5.41) is 2.88. The Labute approximate surface area is 151 Å². The SMILES string of the molecule is Cc1nc(S[C@H](C)C(=O)N2c3ccccc3NC(=O)C2(C)C)oc1C. The highest BCUT2D eigenvalue weighted by Gasteiger charge is 2.44. The molecule has 0 saturated carbocycles. The molecule has 25 heavy (non-hydrogen) atoms. The summed E-state index contributed by atoms with van der Waals surface area (Å²) in [6, 6.07) is 7.31. The minimum atomic E-state index is -0.983. The van der Waals surface area contributed by atoms with Crippen LogP contribution in [0.1, 0.15) is 32.2 Å². The lowest BCUT2D eigenvalue weighted by Crippen LogP contribution is -2.60. The Hall–Kier alpha value is -2.28. The molecule has 3 rings (SSSR count). The molecule has 0 saturated heterocycles. The second kappa shape index (κ2) is 6.22. The summed E-state index contributed by atoms with van der Waals surface area (Å²) in [7, 11) is 0. The van der Waals surface area contributed by atoms with Crippen LogP contribution in [0.2, 0.25) is 0 Å². The minimum Gasteiger partial charge on any atom is -0.437 e. The number of hydrogen-bond donors (Lipinski definition) is 1. The standard InChI is InChI=1S/C18H21N3O3S/c1-10-11(2)24-17(19-10)25-12(3)15(22)21-14-9-7-6-8-13(14)20-16(23)18(21,4)5/h6-9,12H,1-5H3,(H,20,23)/t12-/m1/s1. The molecule has 1 aromatic heterocycles. The zero-order chi connectivity index (χ0) is 18.4. The van der Waals surface area contributed by atoms with Crippen molar-refractivity contribution in [3.63, 3.8) is 0 Å². The number of benzene rings is 1. The molecule has 0 spiro atoms. The second-order valence-electron chi connectivity index (χ2n) is 6.59. The number of hydrogen-bond acceptors (Lipinski definition) is 5. The zero-order valence-electron chi connectivity index (χ0n) is 14.9. The van der Waals surface area contributed by atoms with Gasteiger partial charge in [-0.2, -0.15) is 0 Å². The van der Waals surface area contributed by atoms with Crippen LogP contribution < -0.4 is 10.2 Å². The van der Waals surface area contributed by atoms with Gasteiger partial charge in [-0.3, -0.25) is 14.5 Å². The summed E-state index contributed by atoms with van der Waals surface area (Å²) in [5.74, 6) is 0.371. The maximum atomic E-state index is 13.2. The quantitative estimate of drug-likeness (QED) is 0.849. The van der Waals surface area contributed by atoms with E-state index in [2.05, 4.69) is 10.3 Å². The molecule has 7 heteroatoms. The summed E-state index contributed by atoms with van der Waals surface area (Å²) in [6.45, 7) is 8.99. The van der Waals surface area contributed by atoms with Gasteiger partial charge in [0.25, 0.3) is 5.22 Å². The van der Waals surface area contributed by atoms with E-state index in [4.69, 9.17) is 4.42 Å². The fourth-order valence-electron chi connectivity index (χ4n) is 2.72. The summed E-state index contributed by atoms with van der Waals surface area (Å²) < 4.78 is 5.57. The fourth-order valence-corrected chi connectivity index (χ4v) is 3.60. The van der Waals surface area contributed by atoms with Crippen molar-refractivity contribution < 1.29 is 14.0 Å². The van der Waals surface area contributed by atoms with Gasteiger partial charge >= 0.3 is 0 Å². The highest BCUT2D eigenvalue weighted by molar-refractivity contribution is 8.00. The molecule has 2 amide bonds. The number of rotatable bonds is 3. The topological polar surface area (TPSA) is 75.4 Å². The third kappa shape index (κ3) is 3.04. The number of para-hydroxylation sites is 2. The molecule has 132 valence electrons. The smallest absolute Gasteiger partial charge is 0.256 e. The number of carbonyl (C=O) groups excluding carboxylic acids is 2. The lowest BCUT2D eigenvalue weighted by molar-refractivity contribution is -0.126. The second-order valence-corrected chi connectivity index (χ2v) is 7.88. The predicted octanol–water partition coefficient (Wildman–Crippen LogP) is 3.54. The molecule has 0 radical (unpaired) electrons. The molecule has 1 aromatic carbocycles. The molecule has 0 fully saturated rings. The van der Waals surface area contributed by atoms with Gasteiger partial charge in [0.15, 0.2) is 0 Å². The van der Waals surface area contributed by atoms with Crippen LogP contribution in [-0.2, 0) is 9.59 Å². The fraction of sp³-hybridized carbons (Fsp3) is 0.389. The summed E-state index contributed by atoms with van der Waals surface area (Å²) in [5.41, 5.74) is 1.16. The maximum Gasteiger partial charge on any atom is 0.256 e. The van der Waals surface area contributed by atoms with Gasteiger partial charge in [-0.05, 0) is 46.8 Å². The maximum absolute atomic E-state index is 13.2. The Morgan fingerprint density at radius 2 is 2.00 bits per heavy atom. The number of anilines is 2. The molecular weight excluding hydrogens is 338 g/mol. The van der Waals surface area contributed by atoms with Gasteiger partial charge in [0.2, 0.25) is 11.8 Å². The first kappa shape index (κ1) is 17.5. The third-order valence-electron chi connectivity index (χ3n) is 4.36. The molecule has 1 aliphatic rings. The Bertz CT molecular complexity index is 824. The van der Waals surface area contributed by atoms with E-state index in [1.807, 2.05) is 32.0 Å². The number of oxazole rings is 1. The van der Waals surface area contributed by atoms with Gasteiger partial charge in [0.1, 0.15) is 11.3 Å². The average molecular weight is 359 g/mol. The number of amides is 2. The van der Waals surface area contributed by atoms with E-state index in [0.717, 1.165) is 11.5 Å². The van der Waals surface area contributed by atoms with Crippen molar-refractivity contribution in [3.05, 3.63) is 35.7 Å². The van der Waals surface area contributed by atoms with Crippen LogP contribution in [-0.4, -0.2) is 27.6 Å². The molecule has 2 heterocycles. The van der Waals surface area contributed by atoms with Crippen molar-refractivity contribution >= 4 is 35.0 Å². The summed E-state index contributed by atoms with van der Waals surface area (Å²) in [4.78, 5) is 31.5. The van der Waals surface area contributed by atoms with Crippen molar-refractivity contribution in [3.8, 4) is 0 Å². The van der Waals surface area contributed by atoms with E-state index < -0.39 is 10.8 Å². The lowest BCUT2D eigenvalue weighted by Gasteiger charge is -2.42. The van der Waals surface area contributed by atoms with Crippen molar-refractivity contribution in [1.29, 1.82) is 0 Å². The van der Waals surface area contributed by atoms with Crippen molar-refractivity contribution in [1.82, 2.24) is 4.98 Å². The van der Waals surface area contributed by atoms with Gasteiger partial charge in [-0.1, -0.05) is 23.9 Å². The van der Waals surface area contributed by atoms with Gasteiger partial charge in [-0.25, -0.2) is 4.98 Å². The van der Waals surface area contributed by atoms with Crippen molar-refractivity contribution in [2.45, 2.75) is 50.6 Å². The Balaban J connectivity index is 1.92. The number of nitrogens with one attached hydrogen (secondary N) is 1. The van der Waals surface area contributed by atoms with E-state index in [1.165, 1.54) is 11.8 Å². The number of aromatic nitrogens is 1. The van der Waals surface area contributed by atoms with Crippen LogP contribution in [0.25, 0.3) is 0 Å². The molecule has 1 atom stereocenters. The molecule has 0 aliphatic carbocycles. The molecule has 1 N–H and O–H groups in total.